The summed E-state index contributed by atoms with van der Waals surface area (Å²) in [6, 6.07) is 8.08. The smallest absolute Gasteiger partial charge is 0.263 e. The van der Waals surface area contributed by atoms with Crippen LogP contribution in [0.4, 0.5) is 0 Å². The van der Waals surface area contributed by atoms with Gasteiger partial charge in [-0.15, -0.1) is 0 Å². The molecular weight excluding hydrogens is 274 g/mol. The van der Waals surface area contributed by atoms with Gasteiger partial charge in [0.15, 0.2) is 6.10 Å². The van der Waals surface area contributed by atoms with E-state index in [0.717, 1.165) is 25.3 Å². The van der Waals surface area contributed by atoms with Crippen LogP contribution in [0.1, 0.15) is 53.0 Å². The Balaban J connectivity index is 1.96. The summed E-state index contributed by atoms with van der Waals surface area (Å²) in [5.41, 5.74) is 1.40. The summed E-state index contributed by atoms with van der Waals surface area (Å²) in [7, 11) is 0. The van der Waals surface area contributed by atoms with Crippen LogP contribution in [-0.2, 0) is 10.2 Å². The van der Waals surface area contributed by atoms with Gasteiger partial charge in [-0.3, -0.25) is 4.79 Å². The van der Waals surface area contributed by atoms with E-state index >= 15 is 0 Å². The highest BCUT2D eigenvalue weighted by atomic mass is 16.5. The van der Waals surface area contributed by atoms with Gasteiger partial charge in [-0.25, -0.2) is 0 Å². The standard InChI is InChI=1S/C19H29NO2/c1-14-7-6-12-20(13-14)18(21)15(2)22-17-10-8-16(9-11-17)19(3,4)5/h8-11,14-15H,6-7,12-13H2,1-5H3/t14-,15-/m0/s1. The number of hydrogen-bond acceptors (Lipinski definition) is 2. The molecule has 1 amide bonds. The number of likely N-dealkylation sites (tertiary alicyclic amines) is 1. The molecule has 122 valence electrons. The average Bonchev–Trinajstić information content (AvgIpc) is 2.46. The predicted molar refractivity (Wildman–Crippen MR) is 90.2 cm³/mol. The number of amides is 1. The number of nitrogens with zero attached hydrogens (tertiary/aromatic N) is 1. The second-order valence-corrected chi connectivity index (χ2v) is 7.57. The van der Waals surface area contributed by atoms with Crippen LogP contribution in [0.2, 0.25) is 0 Å². The van der Waals surface area contributed by atoms with Gasteiger partial charge in [0.25, 0.3) is 5.91 Å². The molecular formula is C19H29NO2. The van der Waals surface area contributed by atoms with Crippen LogP contribution in [0.25, 0.3) is 0 Å². The van der Waals surface area contributed by atoms with Crippen LogP contribution < -0.4 is 4.74 Å². The molecule has 1 heterocycles. The minimum atomic E-state index is -0.425. The lowest BCUT2D eigenvalue weighted by Gasteiger charge is -2.32. The van der Waals surface area contributed by atoms with Crippen LogP contribution in [0.15, 0.2) is 24.3 Å². The Morgan fingerprint density at radius 1 is 1.27 bits per heavy atom. The van der Waals surface area contributed by atoms with Crippen molar-refractivity contribution in [2.45, 2.75) is 59.0 Å². The summed E-state index contributed by atoms with van der Waals surface area (Å²) in [6.45, 7) is 12.3. The maximum Gasteiger partial charge on any atom is 0.263 e. The van der Waals surface area contributed by atoms with Crippen LogP contribution in [0, 0.1) is 5.92 Å². The minimum absolute atomic E-state index is 0.103. The third kappa shape index (κ3) is 4.25. The van der Waals surface area contributed by atoms with Crippen LogP contribution in [0.5, 0.6) is 5.75 Å². The van der Waals surface area contributed by atoms with Gasteiger partial charge in [0.2, 0.25) is 0 Å². The molecule has 2 rings (SSSR count). The second kappa shape index (κ2) is 6.72. The molecule has 1 fully saturated rings. The summed E-state index contributed by atoms with van der Waals surface area (Å²) in [5, 5.41) is 0. The van der Waals surface area contributed by atoms with E-state index in [4.69, 9.17) is 4.74 Å². The monoisotopic (exact) mass is 303 g/mol. The third-order valence-corrected chi connectivity index (χ3v) is 4.35. The Kier molecular flexibility index (Phi) is 5.15. The first-order chi connectivity index (χ1) is 10.3. The predicted octanol–water partition coefficient (Wildman–Crippen LogP) is 4.01. The quantitative estimate of drug-likeness (QED) is 0.844. The van der Waals surface area contributed by atoms with Gasteiger partial charge in [0.1, 0.15) is 5.75 Å². The van der Waals surface area contributed by atoms with E-state index in [1.54, 1.807) is 0 Å². The maximum atomic E-state index is 12.5. The number of hydrogen-bond donors (Lipinski definition) is 0. The van der Waals surface area contributed by atoms with Crippen molar-refractivity contribution in [3.8, 4) is 5.75 Å². The zero-order valence-electron chi connectivity index (χ0n) is 14.6. The van der Waals surface area contributed by atoms with Crippen molar-refractivity contribution in [2.75, 3.05) is 13.1 Å². The van der Waals surface area contributed by atoms with E-state index in [1.165, 1.54) is 12.0 Å². The van der Waals surface area contributed by atoms with E-state index in [9.17, 15) is 4.79 Å². The van der Waals surface area contributed by atoms with E-state index in [1.807, 2.05) is 24.0 Å². The molecule has 1 saturated heterocycles. The summed E-state index contributed by atoms with van der Waals surface area (Å²) in [5.74, 6) is 1.46. The highest BCUT2D eigenvalue weighted by molar-refractivity contribution is 5.81. The third-order valence-electron chi connectivity index (χ3n) is 4.35. The van der Waals surface area contributed by atoms with Crippen LogP contribution >= 0.6 is 0 Å². The SMILES string of the molecule is C[C@H]1CCCN(C(=O)[C@H](C)Oc2ccc(C(C)(C)C)cc2)C1. The molecule has 0 radical (unpaired) electrons. The lowest BCUT2D eigenvalue weighted by Crippen LogP contribution is -2.45. The minimum Gasteiger partial charge on any atom is -0.481 e. The molecule has 3 nitrogen and oxygen atoms in total. The second-order valence-electron chi connectivity index (χ2n) is 7.57. The summed E-state index contributed by atoms with van der Waals surface area (Å²) >= 11 is 0. The van der Waals surface area contributed by atoms with Crippen LogP contribution in [0.3, 0.4) is 0 Å². The van der Waals surface area contributed by atoms with Crippen molar-refractivity contribution < 1.29 is 9.53 Å². The molecule has 0 bridgehead atoms. The van der Waals surface area contributed by atoms with Crippen LogP contribution in [-0.4, -0.2) is 30.0 Å². The Morgan fingerprint density at radius 2 is 1.91 bits per heavy atom. The number of carbonyl (C=O) groups excluding carboxylic acids is 1. The summed E-state index contributed by atoms with van der Waals surface area (Å²) in [4.78, 5) is 14.4. The molecule has 0 aliphatic carbocycles. The van der Waals surface area contributed by atoms with Gasteiger partial charge in [-0.05, 0) is 48.8 Å². The largest absolute Gasteiger partial charge is 0.481 e. The molecule has 1 aliphatic rings. The van der Waals surface area contributed by atoms with Gasteiger partial charge in [0, 0.05) is 13.1 Å². The number of rotatable bonds is 3. The molecule has 2 atom stereocenters. The number of ether oxygens (including phenoxy) is 1. The van der Waals surface area contributed by atoms with Crippen molar-refractivity contribution in [2.24, 2.45) is 5.92 Å². The van der Waals surface area contributed by atoms with Crippen molar-refractivity contribution in [3.05, 3.63) is 29.8 Å². The lowest BCUT2D eigenvalue weighted by molar-refractivity contribution is -0.139. The highest BCUT2D eigenvalue weighted by Crippen LogP contribution is 2.25. The Hall–Kier alpha value is -1.51. The molecule has 0 saturated carbocycles. The van der Waals surface area contributed by atoms with Crippen molar-refractivity contribution in [1.82, 2.24) is 4.90 Å². The summed E-state index contributed by atoms with van der Waals surface area (Å²) in [6.07, 6.45) is 1.89. The topological polar surface area (TPSA) is 29.5 Å². The zero-order valence-corrected chi connectivity index (χ0v) is 14.6. The van der Waals surface area contributed by atoms with Gasteiger partial charge in [-0.1, -0.05) is 39.8 Å². The van der Waals surface area contributed by atoms with Gasteiger partial charge >= 0.3 is 0 Å². The van der Waals surface area contributed by atoms with E-state index in [-0.39, 0.29) is 11.3 Å². The lowest BCUT2D eigenvalue weighted by atomic mass is 9.87. The van der Waals surface area contributed by atoms with E-state index in [2.05, 4.69) is 39.8 Å². The van der Waals surface area contributed by atoms with E-state index in [0.29, 0.717) is 5.92 Å². The number of carbonyl (C=O) groups is 1. The molecule has 0 unspecified atom stereocenters. The average molecular weight is 303 g/mol. The molecule has 0 N–H and O–H groups in total. The number of piperidine rings is 1. The molecule has 0 spiro atoms. The van der Waals surface area contributed by atoms with Crippen molar-refractivity contribution in [1.29, 1.82) is 0 Å². The fourth-order valence-electron chi connectivity index (χ4n) is 2.93. The van der Waals surface area contributed by atoms with Gasteiger partial charge in [-0.2, -0.15) is 0 Å². The van der Waals surface area contributed by atoms with Crippen molar-refractivity contribution in [3.63, 3.8) is 0 Å². The molecule has 1 aromatic rings. The molecule has 1 aliphatic heterocycles. The Morgan fingerprint density at radius 3 is 2.45 bits per heavy atom. The first-order valence-corrected chi connectivity index (χ1v) is 8.33. The fraction of sp³-hybridized carbons (Fsp3) is 0.632. The van der Waals surface area contributed by atoms with Gasteiger partial charge in [0.05, 0.1) is 0 Å². The summed E-state index contributed by atoms with van der Waals surface area (Å²) < 4.78 is 5.84. The van der Waals surface area contributed by atoms with Gasteiger partial charge < -0.3 is 9.64 Å². The molecule has 0 aromatic heterocycles. The molecule has 1 aromatic carbocycles. The Labute approximate surface area is 134 Å². The molecule has 3 heteroatoms. The zero-order chi connectivity index (χ0) is 16.3. The first kappa shape index (κ1) is 16.9. The highest BCUT2D eigenvalue weighted by Gasteiger charge is 2.26. The van der Waals surface area contributed by atoms with E-state index < -0.39 is 6.10 Å². The normalized spacial score (nSPS) is 20.6. The molecule has 22 heavy (non-hydrogen) atoms. The Bertz CT molecular complexity index is 501. The fourth-order valence-corrected chi connectivity index (χ4v) is 2.93. The maximum absolute atomic E-state index is 12.5. The first-order valence-electron chi connectivity index (χ1n) is 8.33. The number of benzene rings is 1. The van der Waals surface area contributed by atoms with Crippen molar-refractivity contribution >= 4 is 5.91 Å².